The Hall–Kier alpha value is -1.36. The molecule has 2 heterocycles. The Labute approximate surface area is 93.7 Å². The van der Waals surface area contributed by atoms with E-state index in [0.29, 0.717) is 0 Å². The highest BCUT2D eigenvalue weighted by atomic mass is 16.1. The molecule has 1 saturated carbocycles. The zero-order valence-corrected chi connectivity index (χ0v) is 9.18. The highest BCUT2D eigenvalue weighted by molar-refractivity contribution is 5.47. The molecule has 86 valence electrons. The zero-order valence-electron chi connectivity index (χ0n) is 9.18. The van der Waals surface area contributed by atoms with Crippen LogP contribution in [0.2, 0.25) is 0 Å². The van der Waals surface area contributed by atoms with Gasteiger partial charge in [0.2, 0.25) is 0 Å². The minimum absolute atomic E-state index is 0.251. The van der Waals surface area contributed by atoms with Gasteiger partial charge in [-0.3, -0.25) is 0 Å². The molecular formula is C11H16N4O. The Morgan fingerprint density at radius 3 is 3.00 bits per heavy atom. The number of H-pyrrole nitrogens is 1. The van der Waals surface area contributed by atoms with Gasteiger partial charge < -0.3 is 15.6 Å². The number of aromatic nitrogens is 2. The molecule has 5 nitrogen and oxygen atoms in total. The lowest BCUT2D eigenvalue weighted by atomic mass is 9.85. The number of hydrogen-bond acceptors (Lipinski definition) is 4. The molecule has 0 radical (unpaired) electrons. The summed E-state index contributed by atoms with van der Waals surface area (Å²) < 4.78 is 0. The minimum atomic E-state index is -0.251. The van der Waals surface area contributed by atoms with E-state index in [0.717, 1.165) is 42.6 Å². The Morgan fingerprint density at radius 1 is 1.38 bits per heavy atom. The van der Waals surface area contributed by atoms with Crippen molar-refractivity contribution < 1.29 is 0 Å². The van der Waals surface area contributed by atoms with Gasteiger partial charge in [0, 0.05) is 30.9 Å². The number of hydrogen-bond donors (Lipinski definition) is 3. The maximum atomic E-state index is 11.3. The molecule has 0 aromatic carbocycles. The van der Waals surface area contributed by atoms with Crippen molar-refractivity contribution in [1.29, 1.82) is 0 Å². The van der Waals surface area contributed by atoms with Gasteiger partial charge in [-0.1, -0.05) is 6.42 Å². The molecule has 1 aromatic rings. The van der Waals surface area contributed by atoms with Gasteiger partial charge in [0.1, 0.15) is 5.82 Å². The Morgan fingerprint density at radius 2 is 2.25 bits per heavy atom. The first kappa shape index (κ1) is 9.84. The standard InChI is InChI=1S/C11H16N4O/c16-11-14-9-6-12-5-8(9)10(15-11)13-4-7-2-1-3-7/h7,12H,1-6H2,(H2,13,14,15,16). The third kappa shape index (κ3) is 1.71. The Balaban J connectivity index is 1.79. The Bertz CT molecular complexity index is 450. The molecular weight excluding hydrogens is 204 g/mol. The van der Waals surface area contributed by atoms with Crippen LogP contribution < -0.4 is 16.3 Å². The maximum absolute atomic E-state index is 11.3. The molecule has 0 spiro atoms. The van der Waals surface area contributed by atoms with Crippen molar-refractivity contribution in [3.05, 3.63) is 21.7 Å². The van der Waals surface area contributed by atoms with Crippen molar-refractivity contribution in [3.63, 3.8) is 0 Å². The maximum Gasteiger partial charge on any atom is 0.347 e. The number of nitrogens with zero attached hydrogens (tertiary/aromatic N) is 1. The molecule has 1 fully saturated rings. The molecule has 0 bridgehead atoms. The van der Waals surface area contributed by atoms with E-state index in [2.05, 4.69) is 20.6 Å². The molecule has 1 aromatic heterocycles. The predicted octanol–water partition coefficient (Wildman–Crippen LogP) is 0.585. The highest BCUT2D eigenvalue weighted by Gasteiger charge is 2.20. The normalized spacial score (nSPS) is 19.2. The largest absolute Gasteiger partial charge is 0.369 e. The van der Waals surface area contributed by atoms with Crippen molar-refractivity contribution in [2.24, 2.45) is 5.92 Å². The second kappa shape index (κ2) is 3.90. The molecule has 16 heavy (non-hydrogen) atoms. The van der Waals surface area contributed by atoms with Crippen molar-refractivity contribution in [3.8, 4) is 0 Å². The van der Waals surface area contributed by atoms with Gasteiger partial charge >= 0.3 is 5.69 Å². The second-order valence-corrected chi connectivity index (χ2v) is 4.63. The second-order valence-electron chi connectivity index (χ2n) is 4.63. The van der Waals surface area contributed by atoms with Gasteiger partial charge in [0.25, 0.3) is 0 Å². The van der Waals surface area contributed by atoms with Gasteiger partial charge in [-0.15, -0.1) is 0 Å². The lowest BCUT2D eigenvalue weighted by molar-refractivity contribution is 0.333. The molecule has 0 amide bonds. The van der Waals surface area contributed by atoms with Crippen molar-refractivity contribution in [2.75, 3.05) is 11.9 Å². The quantitative estimate of drug-likeness (QED) is 0.697. The topological polar surface area (TPSA) is 69.8 Å². The lowest BCUT2D eigenvalue weighted by Gasteiger charge is -2.25. The van der Waals surface area contributed by atoms with E-state index >= 15 is 0 Å². The minimum Gasteiger partial charge on any atom is -0.369 e. The monoisotopic (exact) mass is 220 g/mol. The summed E-state index contributed by atoms with van der Waals surface area (Å²) >= 11 is 0. The van der Waals surface area contributed by atoms with Crippen LogP contribution in [0.1, 0.15) is 30.5 Å². The van der Waals surface area contributed by atoms with E-state index in [-0.39, 0.29) is 5.69 Å². The molecule has 1 aliphatic heterocycles. The fraction of sp³-hybridized carbons (Fsp3) is 0.636. The van der Waals surface area contributed by atoms with Crippen LogP contribution in [0.5, 0.6) is 0 Å². The summed E-state index contributed by atoms with van der Waals surface area (Å²) in [5.41, 5.74) is 1.86. The van der Waals surface area contributed by atoms with E-state index in [1.165, 1.54) is 19.3 Å². The van der Waals surface area contributed by atoms with E-state index in [1.807, 2.05) is 0 Å². The van der Waals surface area contributed by atoms with Gasteiger partial charge in [-0.25, -0.2) is 4.79 Å². The molecule has 3 N–H and O–H groups in total. The van der Waals surface area contributed by atoms with E-state index in [9.17, 15) is 4.79 Å². The molecule has 0 unspecified atom stereocenters. The van der Waals surface area contributed by atoms with Gasteiger partial charge in [-0.05, 0) is 18.8 Å². The number of aromatic amines is 1. The van der Waals surface area contributed by atoms with E-state index < -0.39 is 0 Å². The number of fused-ring (bicyclic) bond motifs is 1. The summed E-state index contributed by atoms with van der Waals surface area (Å²) in [5.74, 6) is 1.54. The first-order chi connectivity index (χ1) is 7.83. The first-order valence-electron chi connectivity index (χ1n) is 5.89. The van der Waals surface area contributed by atoms with Gasteiger partial charge in [0.05, 0.1) is 0 Å². The van der Waals surface area contributed by atoms with E-state index in [4.69, 9.17) is 0 Å². The van der Waals surface area contributed by atoms with Crippen molar-refractivity contribution in [2.45, 2.75) is 32.4 Å². The zero-order chi connectivity index (χ0) is 11.0. The van der Waals surface area contributed by atoms with Crippen LogP contribution >= 0.6 is 0 Å². The third-order valence-electron chi connectivity index (χ3n) is 3.51. The molecule has 3 rings (SSSR count). The average molecular weight is 220 g/mol. The lowest BCUT2D eigenvalue weighted by Crippen LogP contribution is -2.24. The summed E-state index contributed by atoms with van der Waals surface area (Å²) in [4.78, 5) is 18.1. The van der Waals surface area contributed by atoms with Crippen LogP contribution in [0, 0.1) is 5.92 Å². The number of anilines is 1. The SMILES string of the molecule is O=c1nc(NCC2CCC2)c2c([nH]1)CNC2. The molecule has 2 aliphatic rings. The fourth-order valence-corrected chi connectivity index (χ4v) is 2.28. The van der Waals surface area contributed by atoms with Crippen LogP contribution in [0.25, 0.3) is 0 Å². The fourth-order valence-electron chi connectivity index (χ4n) is 2.28. The third-order valence-corrected chi connectivity index (χ3v) is 3.51. The predicted molar refractivity (Wildman–Crippen MR) is 61.2 cm³/mol. The number of rotatable bonds is 3. The van der Waals surface area contributed by atoms with Crippen LogP contribution in [-0.4, -0.2) is 16.5 Å². The summed E-state index contributed by atoms with van der Waals surface area (Å²) in [5, 5.41) is 6.54. The van der Waals surface area contributed by atoms with Crippen molar-refractivity contribution >= 4 is 5.82 Å². The van der Waals surface area contributed by atoms with Gasteiger partial charge in [-0.2, -0.15) is 4.98 Å². The van der Waals surface area contributed by atoms with Crippen LogP contribution in [0.3, 0.4) is 0 Å². The smallest absolute Gasteiger partial charge is 0.347 e. The summed E-state index contributed by atoms with van der Waals surface area (Å²) in [6, 6.07) is 0. The molecule has 0 atom stereocenters. The Kier molecular flexibility index (Phi) is 2.40. The van der Waals surface area contributed by atoms with Crippen LogP contribution in [-0.2, 0) is 13.1 Å². The summed E-state index contributed by atoms with van der Waals surface area (Å²) in [7, 11) is 0. The molecule has 0 saturated heterocycles. The number of nitrogens with one attached hydrogen (secondary N) is 3. The summed E-state index contributed by atoms with van der Waals surface area (Å²) in [6.07, 6.45) is 3.95. The van der Waals surface area contributed by atoms with Gasteiger partial charge in [0.15, 0.2) is 0 Å². The van der Waals surface area contributed by atoms with Crippen molar-refractivity contribution in [1.82, 2.24) is 15.3 Å². The highest BCUT2D eigenvalue weighted by Crippen LogP contribution is 2.27. The molecule has 5 heteroatoms. The first-order valence-corrected chi connectivity index (χ1v) is 5.89. The van der Waals surface area contributed by atoms with Crippen LogP contribution in [0.15, 0.2) is 4.79 Å². The summed E-state index contributed by atoms with van der Waals surface area (Å²) in [6.45, 7) is 2.49. The molecule has 1 aliphatic carbocycles. The van der Waals surface area contributed by atoms with Crippen LogP contribution in [0.4, 0.5) is 5.82 Å². The average Bonchev–Trinajstić information content (AvgIpc) is 2.62. The van der Waals surface area contributed by atoms with E-state index in [1.54, 1.807) is 0 Å².